The molecular weight excluding hydrogens is 524 g/mol. The number of piperidine rings is 1. The molecule has 6 rings (SSSR count). The van der Waals surface area contributed by atoms with Crippen LogP contribution >= 0.6 is 0 Å². The van der Waals surface area contributed by atoms with Crippen LogP contribution in [0.5, 0.6) is 0 Å². The van der Waals surface area contributed by atoms with E-state index >= 15 is 0 Å². The molecule has 0 spiro atoms. The minimum Gasteiger partial charge on any atom is -0.465 e. The van der Waals surface area contributed by atoms with Crippen molar-refractivity contribution in [3.63, 3.8) is 0 Å². The lowest BCUT2D eigenvalue weighted by Crippen LogP contribution is -2.47. The van der Waals surface area contributed by atoms with E-state index in [1.807, 2.05) is 16.8 Å². The van der Waals surface area contributed by atoms with Gasteiger partial charge in [0, 0.05) is 50.8 Å². The van der Waals surface area contributed by atoms with E-state index in [1.165, 1.54) is 4.90 Å². The minimum atomic E-state index is -3.58. The number of fused-ring (bicyclic) bond motifs is 2. The lowest BCUT2D eigenvalue weighted by molar-refractivity contribution is 0.0581. The van der Waals surface area contributed by atoms with Crippen LogP contribution in [0, 0.1) is 0 Å². The standard InChI is InChI=1S/C26H32N6O6S/c1-2-26(8-11-30(12-9-26)25(34)35)32-20-5-10-27-24(33)22(20)23(29-32)28-18-3-4-21-17(15-18)16-31(39(21,36)37)19-6-13-38-14-7-19/h3-5,10,15,19H,2,6-9,11-14,16H2,1H3,(H,27,33)(H,28,29)(H,34,35). The third kappa shape index (κ3) is 4.28. The quantitative estimate of drug-likeness (QED) is 0.434. The molecule has 13 heteroatoms. The second-order valence-corrected chi connectivity index (χ2v) is 12.4. The van der Waals surface area contributed by atoms with E-state index in [1.54, 1.807) is 22.6 Å². The zero-order chi connectivity index (χ0) is 27.4. The maximum absolute atomic E-state index is 13.2. The van der Waals surface area contributed by atoms with Crippen LogP contribution in [0.3, 0.4) is 0 Å². The topological polar surface area (TPSA) is 150 Å². The Morgan fingerprint density at radius 2 is 1.97 bits per heavy atom. The number of carbonyl (C=O) groups is 1. The Morgan fingerprint density at radius 1 is 1.23 bits per heavy atom. The number of benzene rings is 1. The molecule has 3 aromatic rings. The highest BCUT2D eigenvalue weighted by atomic mass is 32.2. The minimum absolute atomic E-state index is 0.0801. The fourth-order valence-electron chi connectivity index (χ4n) is 6.20. The van der Waals surface area contributed by atoms with Crippen molar-refractivity contribution >= 4 is 38.5 Å². The fourth-order valence-corrected chi connectivity index (χ4v) is 8.06. The highest BCUT2D eigenvalue weighted by molar-refractivity contribution is 7.89. The van der Waals surface area contributed by atoms with Crippen LogP contribution in [0.4, 0.5) is 16.3 Å². The summed E-state index contributed by atoms with van der Waals surface area (Å²) in [6.45, 7) is 4.23. The summed E-state index contributed by atoms with van der Waals surface area (Å²) in [5.41, 5.74) is 1.29. The summed E-state index contributed by atoms with van der Waals surface area (Å²) < 4.78 is 35.4. The maximum atomic E-state index is 13.2. The first-order chi connectivity index (χ1) is 18.7. The van der Waals surface area contributed by atoms with Gasteiger partial charge < -0.3 is 25.0 Å². The zero-order valence-corrected chi connectivity index (χ0v) is 22.5. The predicted octanol–water partition coefficient (Wildman–Crippen LogP) is 3.03. The van der Waals surface area contributed by atoms with Gasteiger partial charge in [-0.3, -0.25) is 9.48 Å². The number of rotatable bonds is 5. The Hall–Kier alpha value is -3.42. The van der Waals surface area contributed by atoms with Gasteiger partial charge >= 0.3 is 6.09 Å². The highest BCUT2D eigenvalue weighted by Gasteiger charge is 2.41. The second kappa shape index (κ2) is 9.65. The average Bonchev–Trinajstić information content (AvgIpc) is 3.44. The van der Waals surface area contributed by atoms with E-state index in [0.717, 1.165) is 6.42 Å². The van der Waals surface area contributed by atoms with Crippen LogP contribution in [-0.2, 0) is 26.8 Å². The van der Waals surface area contributed by atoms with Crippen LogP contribution in [0.15, 0.2) is 40.2 Å². The van der Waals surface area contributed by atoms with E-state index in [-0.39, 0.29) is 11.6 Å². The summed E-state index contributed by atoms with van der Waals surface area (Å²) >= 11 is 0. The van der Waals surface area contributed by atoms with E-state index in [2.05, 4.69) is 17.2 Å². The lowest BCUT2D eigenvalue weighted by atomic mass is 9.85. The number of hydrogen-bond donors (Lipinski definition) is 3. The van der Waals surface area contributed by atoms with Crippen LogP contribution in [-0.4, -0.2) is 75.9 Å². The first kappa shape index (κ1) is 25.8. The second-order valence-electron chi connectivity index (χ2n) is 10.5. The number of ether oxygens (including phenoxy) is 1. The Kier molecular flexibility index (Phi) is 6.39. The molecule has 1 aromatic carbocycles. The Balaban J connectivity index is 1.34. The summed E-state index contributed by atoms with van der Waals surface area (Å²) in [7, 11) is -3.58. The number of hydrogen-bond acceptors (Lipinski definition) is 7. The molecule has 3 aliphatic rings. The van der Waals surface area contributed by atoms with Crippen molar-refractivity contribution in [1.29, 1.82) is 0 Å². The molecule has 0 atom stereocenters. The van der Waals surface area contributed by atoms with Gasteiger partial charge in [-0.25, -0.2) is 13.2 Å². The van der Waals surface area contributed by atoms with Crippen LogP contribution < -0.4 is 10.9 Å². The third-order valence-corrected chi connectivity index (χ3v) is 10.5. The van der Waals surface area contributed by atoms with Crippen molar-refractivity contribution in [1.82, 2.24) is 24.0 Å². The van der Waals surface area contributed by atoms with Gasteiger partial charge in [0.1, 0.15) is 5.39 Å². The number of H-pyrrole nitrogens is 1. The monoisotopic (exact) mass is 556 g/mol. The molecule has 3 N–H and O–H groups in total. The van der Waals surface area contributed by atoms with Gasteiger partial charge in [0.2, 0.25) is 10.0 Å². The highest BCUT2D eigenvalue weighted by Crippen LogP contribution is 2.39. The van der Waals surface area contributed by atoms with E-state index in [0.29, 0.717) is 91.4 Å². The van der Waals surface area contributed by atoms with Crippen molar-refractivity contribution in [2.24, 2.45) is 0 Å². The number of amides is 1. The molecule has 1 amide bonds. The molecule has 39 heavy (non-hydrogen) atoms. The first-order valence-electron chi connectivity index (χ1n) is 13.3. The van der Waals surface area contributed by atoms with Crippen molar-refractivity contribution < 1.29 is 23.1 Å². The molecule has 0 unspecified atom stereocenters. The van der Waals surface area contributed by atoms with Crippen molar-refractivity contribution in [2.75, 3.05) is 31.6 Å². The number of aromatic amines is 1. The van der Waals surface area contributed by atoms with E-state index in [4.69, 9.17) is 9.84 Å². The molecule has 2 fully saturated rings. The molecule has 0 aliphatic carbocycles. The van der Waals surface area contributed by atoms with E-state index in [9.17, 15) is 23.1 Å². The molecule has 0 radical (unpaired) electrons. The van der Waals surface area contributed by atoms with Gasteiger partial charge in [-0.2, -0.15) is 9.40 Å². The Labute approximate surface area is 225 Å². The number of sulfonamides is 1. The largest absolute Gasteiger partial charge is 0.465 e. The smallest absolute Gasteiger partial charge is 0.407 e. The molecule has 0 bridgehead atoms. The predicted molar refractivity (Wildman–Crippen MR) is 144 cm³/mol. The number of aromatic nitrogens is 3. The van der Waals surface area contributed by atoms with Gasteiger partial charge in [-0.15, -0.1) is 0 Å². The number of carboxylic acid groups (broad SMARTS) is 1. The molecule has 3 aliphatic heterocycles. The Morgan fingerprint density at radius 3 is 2.67 bits per heavy atom. The summed E-state index contributed by atoms with van der Waals surface area (Å²) in [6, 6.07) is 6.87. The zero-order valence-electron chi connectivity index (χ0n) is 21.7. The number of likely N-dealkylation sites (tertiary alicyclic amines) is 1. The lowest BCUT2D eigenvalue weighted by Gasteiger charge is -2.41. The summed E-state index contributed by atoms with van der Waals surface area (Å²) in [4.78, 5) is 28.9. The molecular formula is C26H32N6O6S. The number of nitrogens with one attached hydrogen (secondary N) is 2. The van der Waals surface area contributed by atoms with Crippen LogP contribution in [0.2, 0.25) is 0 Å². The fraction of sp³-hybridized carbons (Fsp3) is 0.500. The average molecular weight is 557 g/mol. The van der Waals surface area contributed by atoms with Crippen LogP contribution in [0.25, 0.3) is 10.9 Å². The summed E-state index contributed by atoms with van der Waals surface area (Å²) in [5, 5.41) is 18.0. The van der Waals surface area contributed by atoms with Gasteiger partial charge in [-0.05, 0) is 61.9 Å². The van der Waals surface area contributed by atoms with Crippen molar-refractivity contribution in [3.8, 4) is 0 Å². The number of anilines is 2. The summed E-state index contributed by atoms with van der Waals surface area (Å²) in [5.74, 6) is 0.377. The summed E-state index contributed by atoms with van der Waals surface area (Å²) in [6.07, 6.45) is 3.89. The van der Waals surface area contributed by atoms with E-state index < -0.39 is 21.7 Å². The number of pyridine rings is 1. The van der Waals surface area contributed by atoms with Gasteiger partial charge in [-0.1, -0.05) is 6.92 Å². The molecule has 0 saturated carbocycles. The normalized spacial score (nSPS) is 21.2. The first-order valence-corrected chi connectivity index (χ1v) is 14.8. The number of nitrogens with zero attached hydrogens (tertiary/aromatic N) is 4. The molecule has 2 saturated heterocycles. The van der Waals surface area contributed by atoms with Gasteiger partial charge in [0.05, 0.1) is 16.0 Å². The Bertz CT molecular complexity index is 1580. The van der Waals surface area contributed by atoms with Gasteiger partial charge in [0.25, 0.3) is 5.56 Å². The molecule has 5 heterocycles. The third-order valence-electron chi connectivity index (χ3n) is 8.51. The molecule has 208 valence electrons. The SMILES string of the molecule is CCC1(n2nc(Nc3ccc4c(c3)CN(C3CCOCC3)S4(=O)=O)c3c(=O)[nH]ccc32)CCN(C(=O)O)CC1. The van der Waals surface area contributed by atoms with Gasteiger partial charge in [0.15, 0.2) is 5.82 Å². The molecule has 2 aromatic heterocycles. The van der Waals surface area contributed by atoms with Crippen LogP contribution in [0.1, 0.15) is 44.6 Å². The molecule has 12 nitrogen and oxygen atoms in total. The van der Waals surface area contributed by atoms with Crippen molar-refractivity contribution in [3.05, 3.63) is 46.4 Å². The maximum Gasteiger partial charge on any atom is 0.407 e. The van der Waals surface area contributed by atoms with Crippen molar-refractivity contribution in [2.45, 2.75) is 62.0 Å².